The lowest BCUT2D eigenvalue weighted by atomic mass is 9.78. The van der Waals surface area contributed by atoms with Gasteiger partial charge in [-0.3, -0.25) is 5.41 Å². The third-order valence-corrected chi connectivity index (χ3v) is 5.26. The van der Waals surface area contributed by atoms with E-state index in [9.17, 15) is 0 Å². The lowest BCUT2D eigenvalue weighted by Gasteiger charge is -2.31. The highest BCUT2D eigenvalue weighted by Crippen LogP contribution is 2.32. The summed E-state index contributed by atoms with van der Waals surface area (Å²) in [5.41, 5.74) is 11.4. The number of nitrogens with zero attached hydrogens (tertiary/aromatic N) is 1. The molecular formula is C20H42N4. The van der Waals surface area contributed by atoms with Crippen LogP contribution in [0.3, 0.4) is 0 Å². The average Bonchev–Trinajstić information content (AvgIpc) is 2.47. The molecule has 24 heavy (non-hydrogen) atoms. The number of amidine groups is 1. The van der Waals surface area contributed by atoms with Gasteiger partial charge in [0.1, 0.15) is 0 Å². The lowest BCUT2D eigenvalue weighted by molar-refractivity contribution is 0.189. The van der Waals surface area contributed by atoms with Crippen LogP contribution in [-0.2, 0) is 0 Å². The molecule has 1 saturated heterocycles. The zero-order valence-electron chi connectivity index (χ0n) is 16.6. The van der Waals surface area contributed by atoms with Crippen molar-refractivity contribution >= 4 is 5.84 Å². The maximum Gasteiger partial charge on any atom is 0.0936 e. The number of hydrogen-bond donors (Lipinski definition) is 3. The van der Waals surface area contributed by atoms with Crippen molar-refractivity contribution in [3.8, 4) is 0 Å². The van der Waals surface area contributed by atoms with E-state index in [-0.39, 0.29) is 0 Å². The molecule has 4 nitrogen and oxygen atoms in total. The molecule has 0 aromatic heterocycles. The van der Waals surface area contributed by atoms with Crippen LogP contribution >= 0.6 is 0 Å². The number of rotatable bonds is 5. The van der Waals surface area contributed by atoms with E-state index >= 15 is 0 Å². The third-order valence-electron chi connectivity index (χ3n) is 5.26. The Morgan fingerprint density at radius 2 is 1.67 bits per heavy atom. The van der Waals surface area contributed by atoms with Gasteiger partial charge in [-0.15, -0.1) is 0 Å². The van der Waals surface area contributed by atoms with Gasteiger partial charge in [0, 0.05) is 25.0 Å². The van der Waals surface area contributed by atoms with E-state index in [1.54, 1.807) is 0 Å². The summed E-state index contributed by atoms with van der Waals surface area (Å²) >= 11 is 0. The Morgan fingerprint density at radius 3 is 2.12 bits per heavy atom. The van der Waals surface area contributed by atoms with Crippen molar-refractivity contribution in [1.29, 1.82) is 5.41 Å². The maximum atomic E-state index is 7.37. The zero-order valence-corrected chi connectivity index (χ0v) is 16.6. The molecule has 1 aliphatic heterocycles. The van der Waals surface area contributed by atoms with Crippen molar-refractivity contribution in [3.63, 3.8) is 0 Å². The molecule has 142 valence electrons. The quantitative estimate of drug-likeness (QED) is 0.526. The molecule has 1 aliphatic carbocycles. The van der Waals surface area contributed by atoms with Crippen molar-refractivity contribution in [3.05, 3.63) is 0 Å². The fourth-order valence-electron chi connectivity index (χ4n) is 4.15. The first-order valence-electron chi connectivity index (χ1n) is 10.1. The van der Waals surface area contributed by atoms with Crippen LogP contribution in [-0.4, -0.2) is 36.4 Å². The SMILES string of the molecule is CC(C)CC1CCC(C(=N)N)CC1.CC(C)CN1CCCC(N)C1. The van der Waals surface area contributed by atoms with E-state index in [1.807, 2.05) is 0 Å². The van der Waals surface area contributed by atoms with Crippen molar-refractivity contribution in [2.45, 2.75) is 78.7 Å². The zero-order chi connectivity index (χ0) is 18.1. The predicted octanol–water partition coefficient (Wildman–Crippen LogP) is 3.84. The summed E-state index contributed by atoms with van der Waals surface area (Å²) < 4.78 is 0. The predicted molar refractivity (Wildman–Crippen MR) is 105 cm³/mol. The fraction of sp³-hybridized carbons (Fsp3) is 0.950. The Morgan fingerprint density at radius 1 is 1.04 bits per heavy atom. The molecule has 2 rings (SSSR count). The second kappa shape index (κ2) is 11.1. The van der Waals surface area contributed by atoms with Gasteiger partial charge in [-0.25, -0.2) is 0 Å². The minimum atomic E-state index is 0.392. The number of likely N-dealkylation sites (tertiary alicyclic amines) is 1. The van der Waals surface area contributed by atoms with E-state index in [1.165, 1.54) is 45.2 Å². The van der Waals surface area contributed by atoms with Gasteiger partial charge in [0.15, 0.2) is 0 Å². The largest absolute Gasteiger partial charge is 0.387 e. The normalized spacial score (nSPS) is 28.5. The molecular weight excluding hydrogens is 296 g/mol. The Bertz CT molecular complexity index is 344. The third kappa shape index (κ3) is 9.03. The molecule has 1 heterocycles. The summed E-state index contributed by atoms with van der Waals surface area (Å²) in [6.45, 7) is 12.7. The molecule has 1 atom stereocenters. The summed E-state index contributed by atoms with van der Waals surface area (Å²) in [6.07, 6.45) is 8.71. The van der Waals surface area contributed by atoms with Crippen LogP contribution < -0.4 is 11.5 Å². The molecule has 0 aromatic carbocycles. The molecule has 2 fully saturated rings. The van der Waals surface area contributed by atoms with Crippen LogP contribution in [0.25, 0.3) is 0 Å². The molecule has 1 saturated carbocycles. The second-order valence-electron chi connectivity index (χ2n) is 8.86. The first kappa shape index (κ1) is 21.4. The van der Waals surface area contributed by atoms with Gasteiger partial charge in [-0.2, -0.15) is 0 Å². The smallest absolute Gasteiger partial charge is 0.0936 e. The molecule has 1 unspecified atom stereocenters. The summed E-state index contributed by atoms with van der Waals surface area (Å²) in [7, 11) is 0. The Kier molecular flexibility index (Phi) is 9.91. The van der Waals surface area contributed by atoms with Crippen molar-refractivity contribution < 1.29 is 0 Å². The number of piperidine rings is 1. The van der Waals surface area contributed by atoms with Gasteiger partial charge in [0.25, 0.3) is 0 Å². The molecule has 0 bridgehead atoms. The van der Waals surface area contributed by atoms with Gasteiger partial charge >= 0.3 is 0 Å². The Hall–Kier alpha value is -0.610. The van der Waals surface area contributed by atoms with Crippen LogP contribution in [0.5, 0.6) is 0 Å². The molecule has 0 radical (unpaired) electrons. The highest BCUT2D eigenvalue weighted by atomic mass is 15.1. The number of hydrogen-bond acceptors (Lipinski definition) is 3. The standard InChI is InChI=1S/C11H22N2.C9H20N2/c1-8(2)7-9-3-5-10(6-4-9)11(12)13;1-8(2)6-11-5-3-4-9(10)7-11/h8-10H,3-7H2,1-2H3,(H3,12,13);8-9H,3-7,10H2,1-2H3. The van der Waals surface area contributed by atoms with E-state index < -0.39 is 0 Å². The van der Waals surface area contributed by atoms with E-state index in [0.29, 0.717) is 17.8 Å². The molecule has 0 amide bonds. The molecule has 4 heteroatoms. The van der Waals surface area contributed by atoms with Gasteiger partial charge < -0.3 is 16.4 Å². The van der Waals surface area contributed by atoms with Crippen LogP contribution in [0.1, 0.15) is 72.6 Å². The number of nitrogens with two attached hydrogens (primary N) is 2. The summed E-state index contributed by atoms with van der Waals surface area (Å²) in [5.74, 6) is 3.29. The summed E-state index contributed by atoms with van der Waals surface area (Å²) in [6, 6.07) is 0.433. The average molecular weight is 339 g/mol. The van der Waals surface area contributed by atoms with Gasteiger partial charge in [-0.05, 0) is 69.2 Å². The fourth-order valence-corrected chi connectivity index (χ4v) is 4.15. The highest BCUT2D eigenvalue weighted by Gasteiger charge is 2.23. The highest BCUT2D eigenvalue weighted by molar-refractivity contribution is 5.79. The van der Waals surface area contributed by atoms with E-state index in [0.717, 1.165) is 37.1 Å². The van der Waals surface area contributed by atoms with Crippen LogP contribution in [0.15, 0.2) is 0 Å². The lowest BCUT2D eigenvalue weighted by Crippen LogP contribution is -2.44. The van der Waals surface area contributed by atoms with Gasteiger partial charge in [-0.1, -0.05) is 27.7 Å². The first-order chi connectivity index (χ1) is 11.3. The van der Waals surface area contributed by atoms with E-state index in [4.69, 9.17) is 16.9 Å². The number of nitrogens with one attached hydrogen (secondary N) is 1. The van der Waals surface area contributed by atoms with Crippen molar-refractivity contribution in [1.82, 2.24) is 4.90 Å². The minimum Gasteiger partial charge on any atom is -0.387 e. The Balaban J connectivity index is 0.000000243. The minimum absolute atomic E-state index is 0.392. The summed E-state index contributed by atoms with van der Waals surface area (Å²) in [4.78, 5) is 2.48. The van der Waals surface area contributed by atoms with Gasteiger partial charge in [0.05, 0.1) is 5.84 Å². The van der Waals surface area contributed by atoms with Crippen LogP contribution in [0, 0.1) is 29.1 Å². The van der Waals surface area contributed by atoms with Crippen LogP contribution in [0.2, 0.25) is 0 Å². The van der Waals surface area contributed by atoms with Gasteiger partial charge in [0.2, 0.25) is 0 Å². The second-order valence-corrected chi connectivity index (χ2v) is 8.86. The van der Waals surface area contributed by atoms with Crippen LogP contribution in [0.4, 0.5) is 0 Å². The van der Waals surface area contributed by atoms with Crippen molar-refractivity contribution in [2.75, 3.05) is 19.6 Å². The monoisotopic (exact) mass is 338 g/mol. The maximum absolute atomic E-state index is 7.37. The topological polar surface area (TPSA) is 79.1 Å². The molecule has 2 aliphatic rings. The molecule has 5 N–H and O–H groups in total. The van der Waals surface area contributed by atoms with Crippen molar-refractivity contribution in [2.24, 2.45) is 35.1 Å². The summed E-state index contributed by atoms with van der Waals surface area (Å²) in [5, 5.41) is 7.37. The Labute approximate surface area is 150 Å². The molecule has 0 spiro atoms. The van der Waals surface area contributed by atoms with E-state index in [2.05, 4.69) is 32.6 Å². The first-order valence-corrected chi connectivity index (χ1v) is 10.1. The molecule has 0 aromatic rings.